The molecule has 0 aliphatic heterocycles. The van der Waals surface area contributed by atoms with Gasteiger partial charge in [0.2, 0.25) is 0 Å². The lowest BCUT2D eigenvalue weighted by Crippen LogP contribution is -2.33. The third-order valence-electron chi connectivity index (χ3n) is 4.44. The van der Waals surface area contributed by atoms with Gasteiger partial charge < -0.3 is 9.88 Å². The Labute approximate surface area is 152 Å². The third kappa shape index (κ3) is 3.99. The molecule has 1 aromatic carbocycles. The maximum Gasteiger partial charge on any atom is 0.254 e. The second-order valence-corrected chi connectivity index (χ2v) is 6.53. The fraction of sp³-hybridized carbons (Fsp3) is 0.286. The van der Waals surface area contributed by atoms with Crippen molar-refractivity contribution in [2.75, 3.05) is 6.54 Å². The van der Waals surface area contributed by atoms with Gasteiger partial charge in [0.1, 0.15) is 0 Å². The Morgan fingerprint density at radius 1 is 1.15 bits per heavy atom. The van der Waals surface area contributed by atoms with E-state index in [0.717, 1.165) is 29.3 Å². The Hall–Kier alpha value is -2.95. The zero-order valence-electron chi connectivity index (χ0n) is 15.2. The summed E-state index contributed by atoms with van der Waals surface area (Å²) in [5.41, 5.74) is 2.95. The molecule has 0 saturated carbocycles. The van der Waals surface area contributed by atoms with E-state index in [2.05, 4.69) is 16.9 Å². The van der Waals surface area contributed by atoms with Crippen molar-refractivity contribution in [2.24, 2.45) is 0 Å². The Bertz CT molecular complexity index is 964. The van der Waals surface area contributed by atoms with E-state index in [4.69, 9.17) is 0 Å². The van der Waals surface area contributed by atoms with Crippen molar-refractivity contribution >= 4 is 16.8 Å². The molecule has 0 unspecified atom stereocenters. The maximum atomic E-state index is 12.9. The fourth-order valence-electron chi connectivity index (χ4n) is 2.96. The van der Waals surface area contributed by atoms with Crippen LogP contribution in [-0.4, -0.2) is 27.3 Å². The summed E-state index contributed by atoms with van der Waals surface area (Å²) >= 11 is 0. The molecule has 0 saturated heterocycles. The molecule has 0 atom stereocenters. The van der Waals surface area contributed by atoms with E-state index in [0.29, 0.717) is 24.2 Å². The van der Waals surface area contributed by atoms with Crippen molar-refractivity contribution in [3.05, 3.63) is 75.8 Å². The number of aromatic amines is 1. The predicted molar refractivity (Wildman–Crippen MR) is 103 cm³/mol. The van der Waals surface area contributed by atoms with Gasteiger partial charge in [-0.3, -0.25) is 14.6 Å². The maximum absolute atomic E-state index is 12.9. The van der Waals surface area contributed by atoms with E-state index < -0.39 is 0 Å². The summed E-state index contributed by atoms with van der Waals surface area (Å²) in [5, 5.41) is 0.969. The average molecular weight is 349 g/mol. The number of fused-ring (bicyclic) bond motifs is 1. The molecule has 3 rings (SSSR count). The predicted octanol–water partition coefficient (Wildman–Crippen LogP) is 3.67. The molecule has 0 spiro atoms. The van der Waals surface area contributed by atoms with Gasteiger partial charge in [-0.2, -0.15) is 0 Å². The van der Waals surface area contributed by atoms with Gasteiger partial charge in [-0.15, -0.1) is 0 Å². The molecular weight excluding hydrogens is 326 g/mol. The standard InChI is InChI=1S/C21H23N3O2/c1-3-4-11-24(21(26)16-7-9-22-10-8-16)14-18-13-17-6-5-15(2)12-19(17)23-20(18)25/h5-10,12-13H,3-4,11,14H2,1-2H3,(H,23,25). The first-order valence-corrected chi connectivity index (χ1v) is 8.90. The first-order valence-electron chi connectivity index (χ1n) is 8.90. The molecule has 5 heteroatoms. The van der Waals surface area contributed by atoms with Crippen LogP contribution in [0, 0.1) is 6.92 Å². The Kier molecular flexibility index (Phi) is 5.46. The van der Waals surface area contributed by atoms with Gasteiger partial charge in [0.25, 0.3) is 11.5 Å². The number of carbonyl (C=O) groups is 1. The number of aryl methyl sites for hydroxylation is 1. The smallest absolute Gasteiger partial charge is 0.254 e. The number of aromatic nitrogens is 2. The van der Waals surface area contributed by atoms with Crippen LogP contribution in [0.5, 0.6) is 0 Å². The molecule has 0 aliphatic carbocycles. The normalized spacial score (nSPS) is 10.8. The number of hydrogen-bond donors (Lipinski definition) is 1. The lowest BCUT2D eigenvalue weighted by Gasteiger charge is -2.22. The van der Waals surface area contributed by atoms with E-state index in [1.807, 2.05) is 31.2 Å². The molecule has 1 N–H and O–H groups in total. The number of rotatable bonds is 6. The average Bonchev–Trinajstić information content (AvgIpc) is 2.65. The molecule has 134 valence electrons. The minimum atomic E-state index is -0.146. The lowest BCUT2D eigenvalue weighted by atomic mass is 10.1. The molecule has 0 aliphatic rings. The number of unbranched alkanes of at least 4 members (excludes halogenated alkanes) is 1. The zero-order chi connectivity index (χ0) is 18.5. The monoisotopic (exact) mass is 349 g/mol. The summed E-state index contributed by atoms with van der Waals surface area (Å²) in [6.07, 6.45) is 5.09. The number of carbonyl (C=O) groups excluding carboxylic acids is 1. The summed E-state index contributed by atoms with van der Waals surface area (Å²) in [4.78, 5) is 34.0. The Balaban J connectivity index is 1.92. The number of nitrogens with zero attached hydrogens (tertiary/aromatic N) is 2. The number of amides is 1. The summed E-state index contributed by atoms with van der Waals surface area (Å²) in [6, 6.07) is 11.2. The number of nitrogens with one attached hydrogen (secondary N) is 1. The van der Waals surface area contributed by atoms with Crippen LogP contribution in [0.4, 0.5) is 0 Å². The van der Waals surface area contributed by atoms with Crippen molar-refractivity contribution < 1.29 is 4.79 Å². The van der Waals surface area contributed by atoms with E-state index in [9.17, 15) is 9.59 Å². The van der Waals surface area contributed by atoms with E-state index in [-0.39, 0.29) is 11.5 Å². The van der Waals surface area contributed by atoms with Crippen molar-refractivity contribution in [1.82, 2.24) is 14.9 Å². The first kappa shape index (κ1) is 17.9. The minimum Gasteiger partial charge on any atom is -0.334 e. The SMILES string of the molecule is CCCCN(Cc1cc2ccc(C)cc2[nH]c1=O)C(=O)c1ccncc1. The first-order chi connectivity index (χ1) is 12.6. The van der Waals surface area contributed by atoms with Crippen molar-refractivity contribution in [3.63, 3.8) is 0 Å². The molecule has 5 nitrogen and oxygen atoms in total. The Morgan fingerprint density at radius 2 is 1.92 bits per heavy atom. The van der Waals surface area contributed by atoms with E-state index in [1.165, 1.54) is 0 Å². The molecule has 2 heterocycles. The van der Waals surface area contributed by atoms with Gasteiger partial charge in [0.15, 0.2) is 0 Å². The molecule has 0 bridgehead atoms. The van der Waals surface area contributed by atoms with Gasteiger partial charge in [-0.1, -0.05) is 25.5 Å². The van der Waals surface area contributed by atoms with Crippen molar-refractivity contribution in [3.8, 4) is 0 Å². The van der Waals surface area contributed by atoms with E-state index >= 15 is 0 Å². The molecule has 0 fully saturated rings. The second kappa shape index (κ2) is 7.95. The number of benzene rings is 1. The van der Waals surface area contributed by atoms with Crippen LogP contribution in [0.3, 0.4) is 0 Å². The quantitative estimate of drug-likeness (QED) is 0.738. The molecule has 0 radical (unpaired) electrons. The Morgan fingerprint density at radius 3 is 2.65 bits per heavy atom. The largest absolute Gasteiger partial charge is 0.334 e. The van der Waals surface area contributed by atoms with Crippen LogP contribution in [0.1, 0.15) is 41.3 Å². The highest BCUT2D eigenvalue weighted by Crippen LogP contribution is 2.15. The summed E-state index contributed by atoms with van der Waals surface area (Å²) in [6.45, 7) is 4.98. The lowest BCUT2D eigenvalue weighted by molar-refractivity contribution is 0.0740. The van der Waals surface area contributed by atoms with Gasteiger partial charge in [-0.25, -0.2) is 0 Å². The second-order valence-electron chi connectivity index (χ2n) is 6.53. The van der Waals surface area contributed by atoms with Gasteiger partial charge in [-0.05, 0) is 48.6 Å². The van der Waals surface area contributed by atoms with Gasteiger partial charge >= 0.3 is 0 Å². The van der Waals surface area contributed by atoms with Crippen LogP contribution in [0.25, 0.3) is 10.9 Å². The van der Waals surface area contributed by atoms with Crippen LogP contribution >= 0.6 is 0 Å². The summed E-state index contributed by atoms with van der Waals surface area (Å²) in [7, 11) is 0. The third-order valence-corrected chi connectivity index (χ3v) is 4.44. The highest BCUT2D eigenvalue weighted by atomic mass is 16.2. The van der Waals surface area contributed by atoms with Crippen LogP contribution in [0.15, 0.2) is 53.6 Å². The number of pyridine rings is 2. The van der Waals surface area contributed by atoms with Crippen molar-refractivity contribution in [2.45, 2.75) is 33.2 Å². The summed E-state index contributed by atoms with van der Waals surface area (Å²) < 4.78 is 0. The van der Waals surface area contributed by atoms with Gasteiger partial charge in [0.05, 0.1) is 6.54 Å². The molecular formula is C21H23N3O2. The van der Waals surface area contributed by atoms with Crippen LogP contribution in [0.2, 0.25) is 0 Å². The topological polar surface area (TPSA) is 66.1 Å². The van der Waals surface area contributed by atoms with Crippen LogP contribution < -0.4 is 5.56 Å². The van der Waals surface area contributed by atoms with Gasteiger partial charge in [0, 0.05) is 35.6 Å². The molecule has 26 heavy (non-hydrogen) atoms. The number of H-pyrrole nitrogens is 1. The fourth-order valence-corrected chi connectivity index (χ4v) is 2.96. The highest BCUT2D eigenvalue weighted by Gasteiger charge is 2.17. The molecule has 2 aromatic heterocycles. The summed E-state index contributed by atoms with van der Waals surface area (Å²) in [5.74, 6) is -0.0794. The number of hydrogen-bond acceptors (Lipinski definition) is 3. The highest BCUT2D eigenvalue weighted by molar-refractivity contribution is 5.94. The minimum absolute atomic E-state index is 0.0794. The zero-order valence-corrected chi connectivity index (χ0v) is 15.2. The molecule has 3 aromatic rings. The van der Waals surface area contributed by atoms with Crippen molar-refractivity contribution in [1.29, 1.82) is 0 Å². The van der Waals surface area contributed by atoms with E-state index in [1.54, 1.807) is 29.4 Å². The molecule has 1 amide bonds. The van der Waals surface area contributed by atoms with Crippen LogP contribution in [-0.2, 0) is 6.54 Å².